The van der Waals surface area contributed by atoms with Crippen LogP contribution in [-0.2, 0) is 22.7 Å². The molecule has 0 amide bonds. The van der Waals surface area contributed by atoms with Gasteiger partial charge in [-0.15, -0.1) is 0 Å². The SMILES string of the molecule is [C-]#[N+]c1c(C)c(CO[C@@H](C)CC)c(CO[C@@H](C)CC)c(C)c1[N+]#[C-]. The molecule has 0 heterocycles. The maximum Gasteiger partial charge on any atom is 0.198 e. The van der Waals surface area contributed by atoms with E-state index in [2.05, 4.69) is 23.5 Å². The van der Waals surface area contributed by atoms with Gasteiger partial charge in [0.25, 0.3) is 0 Å². The summed E-state index contributed by atoms with van der Waals surface area (Å²) in [6, 6.07) is 0. The molecule has 1 aromatic carbocycles. The molecule has 0 N–H and O–H groups in total. The molecule has 0 saturated heterocycles. The van der Waals surface area contributed by atoms with E-state index < -0.39 is 0 Å². The minimum atomic E-state index is 0.157. The molecule has 2 atom stereocenters. The summed E-state index contributed by atoms with van der Waals surface area (Å²) in [5.74, 6) is 0. The van der Waals surface area contributed by atoms with Crippen LogP contribution in [0, 0.1) is 27.0 Å². The third-order valence-electron chi connectivity index (χ3n) is 4.60. The molecule has 0 bridgehead atoms. The lowest BCUT2D eigenvalue weighted by atomic mass is 9.94. The Bertz CT molecular complexity index is 596. The van der Waals surface area contributed by atoms with Crippen molar-refractivity contribution in [2.75, 3.05) is 0 Å². The van der Waals surface area contributed by atoms with Crippen LogP contribution in [0.15, 0.2) is 0 Å². The molecule has 24 heavy (non-hydrogen) atoms. The second kappa shape index (κ2) is 9.42. The van der Waals surface area contributed by atoms with Gasteiger partial charge in [-0.1, -0.05) is 38.8 Å². The Hall–Kier alpha value is -1.88. The fourth-order valence-electron chi connectivity index (χ4n) is 2.44. The fraction of sp³-hybridized carbons (Fsp3) is 0.600. The topological polar surface area (TPSA) is 27.2 Å². The molecule has 1 rings (SSSR count). The Morgan fingerprint density at radius 1 is 0.792 bits per heavy atom. The van der Waals surface area contributed by atoms with Crippen molar-refractivity contribution in [1.82, 2.24) is 0 Å². The Morgan fingerprint density at radius 3 is 1.38 bits per heavy atom. The van der Waals surface area contributed by atoms with Crippen LogP contribution < -0.4 is 0 Å². The molecule has 1 aromatic rings. The van der Waals surface area contributed by atoms with Crippen LogP contribution in [0.5, 0.6) is 0 Å². The zero-order chi connectivity index (χ0) is 18.3. The first-order valence-electron chi connectivity index (χ1n) is 8.54. The number of benzene rings is 1. The fourth-order valence-corrected chi connectivity index (χ4v) is 2.44. The molecule has 0 aromatic heterocycles. The molecular weight excluding hydrogens is 300 g/mol. The van der Waals surface area contributed by atoms with Crippen LogP contribution in [0.1, 0.15) is 62.8 Å². The summed E-state index contributed by atoms with van der Waals surface area (Å²) < 4.78 is 11.8. The Labute approximate surface area is 146 Å². The van der Waals surface area contributed by atoms with Crippen LogP contribution in [-0.4, -0.2) is 12.2 Å². The molecule has 0 fully saturated rings. The summed E-state index contributed by atoms with van der Waals surface area (Å²) in [5.41, 5.74) is 4.55. The number of hydrogen-bond donors (Lipinski definition) is 0. The molecule has 0 unspecified atom stereocenters. The predicted octanol–water partition coefficient (Wildman–Crippen LogP) is 6.04. The number of rotatable bonds is 8. The van der Waals surface area contributed by atoms with Gasteiger partial charge in [-0.2, -0.15) is 0 Å². The second-order valence-electron chi connectivity index (χ2n) is 6.19. The van der Waals surface area contributed by atoms with Gasteiger partial charge in [0.05, 0.1) is 38.6 Å². The van der Waals surface area contributed by atoms with Crippen molar-refractivity contribution < 1.29 is 9.47 Å². The molecule has 0 spiro atoms. The summed E-state index contributed by atoms with van der Waals surface area (Å²) in [6.45, 7) is 27.9. The van der Waals surface area contributed by atoms with Crippen LogP contribution in [0.4, 0.5) is 11.4 Å². The van der Waals surface area contributed by atoms with E-state index in [-0.39, 0.29) is 12.2 Å². The Morgan fingerprint density at radius 2 is 1.12 bits per heavy atom. The monoisotopic (exact) mass is 328 g/mol. The van der Waals surface area contributed by atoms with E-state index in [1.807, 2.05) is 27.7 Å². The van der Waals surface area contributed by atoms with Gasteiger partial charge in [0, 0.05) is 0 Å². The molecule has 4 nitrogen and oxygen atoms in total. The van der Waals surface area contributed by atoms with Gasteiger partial charge in [0.1, 0.15) is 0 Å². The van der Waals surface area contributed by atoms with Crippen molar-refractivity contribution in [2.24, 2.45) is 0 Å². The predicted molar refractivity (Wildman–Crippen MR) is 97.5 cm³/mol. The van der Waals surface area contributed by atoms with Crippen molar-refractivity contribution in [3.63, 3.8) is 0 Å². The maximum atomic E-state index is 7.45. The maximum absolute atomic E-state index is 7.45. The highest BCUT2D eigenvalue weighted by Crippen LogP contribution is 2.41. The molecule has 0 aliphatic rings. The summed E-state index contributed by atoms with van der Waals surface area (Å²) >= 11 is 0. The minimum absolute atomic E-state index is 0.157. The summed E-state index contributed by atoms with van der Waals surface area (Å²) in [6.07, 6.45) is 2.19. The highest BCUT2D eigenvalue weighted by Gasteiger charge is 2.20. The molecular formula is C20H28N2O2. The van der Waals surface area contributed by atoms with Crippen LogP contribution in [0.25, 0.3) is 9.69 Å². The van der Waals surface area contributed by atoms with E-state index in [1.54, 1.807) is 0 Å². The van der Waals surface area contributed by atoms with E-state index in [9.17, 15) is 0 Å². The van der Waals surface area contributed by atoms with Crippen molar-refractivity contribution in [1.29, 1.82) is 0 Å². The number of hydrogen-bond acceptors (Lipinski definition) is 2. The summed E-state index contributed by atoms with van der Waals surface area (Å²) in [5, 5.41) is 0. The summed E-state index contributed by atoms with van der Waals surface area (Å²) in [4.78, 5) is 7.20. The third kappa shape index (κ3) is 4.57. The second-order valence-corrected chi connectivity index (χ2v) is 6.19. The van der Waals surface area contributed by atoms with Gasteiger partial charge in [-0.05, 0) is 37.8 Å². The van der Waals surface area contributed by atoms with Gasteiger partial charge in [0.15, 0.2) is 11.4 Å². The van der Waals surface area contributed by atoms with Crippen molar-refractivity contribution in [3.05, 3.63) is 45.1 Å². The average molecular weight is 328 g/mol. The largest absolute Gasteiger partial charge is 0.374 e. The number of nitrogens with zero attached hydrogens (tertiary/aromatic N) is 2. The van der Waals surface area contributed by atoms with Gasteiger partial charge >= 0.3 is 0 Å². The minimum Gasteiger partial charge on any atom is -0.374 e. The first-order valence-corrected chi connectivity index (χ1v) is 8.54. The van der Waals surface area contributed by atoms with Gasteiger partial charge < -0.3 is 9.47 Å². The van der Waals surface area contributed by atoms with Gasteiger partial charge in [-0.25, -0.2) is 9.69 Å². The van der Waals surface area contributed by atoms with Gasteiger partial charge in [-0.3, -0.25) is 0 Å². The van der Waals surface area contributed by atoms with E-state index in [1.165, 1.54) is 0 Å². The first-order chi connectivity index (χ1) is 11.4. The lowest BCUT2D eigenvalue weighted by molar-refractivity contribution is 0.0393. The normalized spacial score (nSPS) is 13.2. The van der Waals surface area contributed by atoms with E-state index >= 15 is 0 Å². The first kappa shape index (κ1) is 20.2. The third-order valence-corrected chi connectivity index (χ3v) is 4.60. The highest BCUT2D eigenvalue weighted by molar-refractivity contribution is 5.80. The molecule has 0 saturated carbocycles. The lowest BCUT2D eigenvalue weighted by Crippen LogP contribution is -2.13. The molecule has 0 aliphatic carbocycles. The van der Waals surface area contributed by atoms with Crippen LogP contribution >= 0.6 is 0 Å². The molecule has 0 radical (unpaired) electrons. The van der Waals surface area contributed by atoms with E-state index in [0.717, 1.165) is 35.1 Å². The van der Waals surface area contributed by atoms with Crippen molar-refractivity contribution >= 4 is 11.4 Å². The zero-order valence-electron chi connectivity index (χ0n) is 15.7. The highest BCUT2D eigenvalue weighted by atomic mass is 16.5. The molecule has 4 heteroatoms. The Balaban J connectivity index is 3.37. The molecule has 0 aliphatic heterocycles. The molecule has 130 valence electrons. The smallest absolute Gasteiger partial charge is 0.198 e. The quantitative estimate of drug-likeness (QED) is 0.544. The van der Waals surface area contributed by atoms with Gasteiger partial charge in [0.2, 0.25) is 0 Å². The van der Waals surface area contributed by atoms with Crippen LogP contribution in [0.2, 0.25) is 0 Å². The Kier molecular flexibility index (Phi) is 7.92. The van der Waals surface area contributed by atoms with E-state index in [4.69, 9.17) is 22.6 Å². The standard InChI is InChI=1S/C20H28N2O2/c1-9-13(3)23-11-17-15(5)19(21-7)20(22-8)16(6)18(17)12-24-14(4)10-2/h13-14H,9-12H2,1-6H3/t13-,14-/m0/s1. The van der Waals surface area contributed by atoms with E-state index in [0.29, 0.717) is 24.6 Å². The number of ether oxygens (including phenoxy) is 2. The van der Waals surface area contributed by atoms with Crippen LogP contribution in [0.3, 0.4) is 0 Å². The average Bonchev–Trinajstić information content (AvgIpc) is 2.59. The van der Waals surface area contributed by atoms with Crippen molar-refractivity contribution in [2.45, 2.75) is 79.8 Å². The summed E-state index contributed by atoms with van der Waals surface area (Å²) in [7, 11) is 0. The zero-order valence-corrected chi connectivity index (χ0v) is 15.7. The lowest BCUT2D eigenvalue weighted by Gasteiger charge is -2.22. The van der Waals surface area contributed by atoms with Crippen molar-refractivity contribution in [3.8, 4) is 0 Å².